The molecule has 1 fully saturated rings. The van der Waals surface area contributed by atoms with Crippen LogP contribution in [0.1, 0.15) is 37.6 Å². The van der Waals surface area contributed by atoms with E-state index in [-0.39, 0.29) is 23.8 Å². The van der Waals surface area contributed by atoms with E-state index < -0.39 is 6.04 Å². The number of hydrogen-bond acceptors (Lipinski definition) is 4. The van der Waals surface area contributed by atoms with Gasteiger partial charge in [0.1, 0.15) is 6.04 Å². The fourth-order valence-corrected chi connectivity index (χ4v) is 3.55. The zero-order chi connectivity index (χ0) is 17.7. The monoisotopic (exact) mass is 349 g/mol. The van der Waals surface area contributed by atoms with Crippen molar-refractivity contribution in [3.8, 4) is 0 Å². The summed E-state index contributed by atoms with van der Waals surface area (Å²) >= 11 is 1.57. The minimum absolute atomic E-state index is 0.0862. The van der Waals surface area contributed by atoms with Crippen molar-refractivity contribution in [2.75, 3.05) is 16.9 Å². The van der Waals surface area contributed by atoms with Crippen molar-refractivity contribution < 1.29 is 14.4 Å². The molecule has 130 valence electrons. The van der Waals surface area contributed by atoms with Crippen LogP contribution in [-0.4, -0.2) is 46.3 Å². The molecule has 0 unspecified atom stereocenters. The maximum atomic E-state index is 12.8. The molecule has 7 heteroatoms. The predicted molar refractivity (Wildman–Crippen MR) is 95.9 cm³/mol. The van der Waals surface area contributed by atoms with Crippen LogP contribution in [0.15, 0.2) is 24.3 Å². The third-order valence-electron chi connectivity index (χ3n) is 3.88. The van der Waals surface area contributed by atoms with E-state index >= 15 is 0 Å². The van der Waals surface area contributed by atoms with Gasteiger partial charge >= 0.3 is 0 Å². The third kappa shape index (κ3) is 4.50. The van der Waals surface area contributed by atoms with E-state index in [2.05, 4.69) is 10.6 Å². The number of carbonyl (C=O) groups excluding carboxylic acids is 3. The number of nitrogens with one attached hydrogen (secondary N) is 2. The van der Waals surface area contributed by atoms with Crippen LogP contribution < -0.4 is 10.6 Å². The number of benzene rings is 1. The van der Waals surface area contributed by atoms with Crippen LogP contribution in [0.25, 0.3) is 0 Å². The van der Waals surface area contributed by atoms with E-state index in [9.17, 15) is 14.4 Å². The van der Waals surface area contributed by atoms with Crippen molar-refractivity contribution in [1.82, 2.24) is 10.2 Å². The molecule has 1 aliphatic rings. The van der Waals surface area contributed by atoms with Gasteiger partial charge in [0.05, 0.1) is 5.88 Å². The number of carbonyl (C=O) groups is 3. The highest BCUT2D eigenvalue weighted by molar-refractivity contribution is 7.99. The number of rotatable bonds is 5. The van der Waals surface area contributed by atoms with Gasteiger partial charge in [0.15, 0.2) is 0 Å². The molecule has 2 atom stereocenters. The number of hydrogen-bond donors (Lipinski definition) is 2. The maximum absolute atomic E-state index is 12.8. The molecule has 6 nitrogen and oxygen atoms in total. The SMILES string of the molecule is CC[C@@H](C)NC(=O)[C@H]1CSCN1C(=O)c1cccc(NC(C)=O)c1. The third-order valence-corrected chi connectivity index (χ3v) is 4.89. The van der Waals surface area contributed by atoms with E-state index in [0.717, 1.165) is 6.42 Å². The van der Waals surface area contributed by atoms with Crippen LogP contribution in [0.2, 0.25) is 0 Å². The van der Waals surface area contributed by atoms with Gasteiger partial charge in [-0.05, 0) is 31.5 Å². The van der Waals surface area contributed by atoms with E-state index in [1.54, 1.807) is 40.9 Å². The number of thioether (sulfide) groups is 1. The number of anilines is 1. The molecule has 0 aromatic heterocycles. The molecule has 0 radical (unpaired) electrons. The summed E-state index contributed by atoms with van der Waals surface area (Å²) in [5.74, 6) is 0.584. The lowest BCUT2D eigenvalue weighted by Crippen LogP contribution is -2.49. The molecule has 3 amide bonds. The van der Waals surface area contributed by atoms with E-state index in [0.29, 0.717) is 22.9 Å². The zero-order valence-electron chi connectivity index (χ0n) is 14.2. The van der Waals surface area contributed by atoms with Crippen molar-refractivity contribution in [2.24, 2.45) is 0 Å². The molecular formula is C17H23N3O3S. The van der Waals surface area contributed by atoms with Crippen molar-refractivity contribution >= 4 is 35.2 Å². The Labute approximate surface area is 146 Å². The topological polar surface area (TPSA) is 78.5 Å². The normalized spacial score (nSPS) is 18.1. The van der Waals surface area contributed by atoms with Gasteiger partial charge in [-0.25, -0.2) is 0 Å². The summed E-state index contributed by atoms with van der Waals surface area (Å²) in [5.41, 5.74) is 1.03. The van der Waals surface area contributed by atoms with Gasteiger partial charge in [-0.15, -0.1) is 11.8 Å². The van der Waals surface area contributed by atoms with Crippen LogP contribution in [0.3, 0.4) is 0 Å². The van der Waals surface area contributed by atoms with Crippen molar-refractivity contribution in [1.29, 1.82) is 0 Å². The summed E-state index contributed by atoms with van der Waals surface area (Å²) in [7, 11) is 0. The Kier molecular flexibility index (Phi) is 6.25. The minimum Gasteiger partial charge on any atom is -0.352 e. The van der Waals surface area contributed by atoms with E-state index in [1.807, 2.05) is 13.8 Å². The van der Waals surface area contributed by atoms with Gasteiger partial charge in [0, 0.05) is 30.0 Å². The highest BCUT2D eigenvalue weighted by atomic mass is 32.2. The van der Waals surface area contributed by atoms with Gasteiger partial charge in [-0.2, -0.15) is 0 Å². The highest BCUT2D eigenvalue weighted by Crippen LogP contribution is 2.24. The van der Waals surface area contributed by atoms with Crippen molar-refractivity contribution in [3.63, 3.8) is 0 Å². The quantitative estimate of drug-likeness (QED) is 0.853. The first-order valence-corrected chi connectivity index (χ1v) is 9.14. The molecule has 0 saturated carbocycles. The van der Waals surface area contributed by atoms with Crippen molar-refractivity contribution in [3.05, 3.63) is 29.8 Å². The van der Waals surface area contributed by atoms with Crippen LogP contribution in [0, 0.1) is 0 Å². The average molecular weight is 349 g/mol. The van der Waals surface area contributed by atoms with Crippen LogP contribution in [0.5, 0.6) is 0 Å². The van der Waals surface area contributed by atoms with E-state index in [1.165, 1.54) is 6.92 Å². The number of amides is 3. The first-order chi connectivity index (χ1) is 11.4. The molecule has 0 aliphatic carbocycles. The molecule has 2 rings (SSSR count). The molecule has 1 aliphatic heterocycles. The lowest BCUT2D eigenvalue weighted by Gasteiger charge is -2.24. The van der Waals surface area contributed by atoms with Gasteiger partial charge in [-0.3, -0.25) is 14.4 Å². The van der Waals surface area contributed by atoms with Gasteiger partial charge < -0.3 is 15.5 Å². The molecular weight excluding hydrogens is 326 g/mol. The second-order valence-electron chi connectivity index (χ2n) is 5.87. The van der Waals surface area contributed by atoms with E-state index in [4.69, 9.17) is 0 Å². The average Bonchev–Trinajstić information content (AvgIpc) is 3.03. The number of nitrogens with zero attached hydrogens (tertiary/aromatic N) is 1. The molecule has 0 spiro atoms. The Morgan fingerprint density at radius 3 is 2.79 bits per heavy atom. The Hall–Kier alpha value is -2.02. The maximum Gasteiger partial charge on any atom is 0.255 e. The molecule has 24 heavy (non-hydrogen) atoms. The van der Waals surface area contributed by atoms with Gasteiger partial charge in [-0.1, -0.05) is 13.0 Å². The zero-order valence-corrected chi connectivity index (χ0v) is 15.0. The molecule has 1 aromatic carbocycles. The molecule has 1 aromatic rings. The summed E-state index contributed by atoms with van der Waals surface area (Å²) in [6.07, 6.45) is 0.846. The minimum atomic E-state index is -0.457. The predicted octanol–water partition coefficient (Wildman–Crippen LogP) is 2.07. The smallest absolute Gasteiger partial charge is 0.255 e. The standard InChI is InChI=1S/C17H23N3O3S/c1-4-11(2)18-16(22)15-9-24-10-20(15)17(23)13-6-5-7-14(8-13)19-12(3)21/h5-8,11,15H,4,9-10H2,1-3H3,(H,18,22)(H,19,21)/t11-,15-/m1/s1. The largest absolute Gasteiger partial charge is 0.352 e. The van der Waals surface area contributed by atoms with Crippen molar-refractivity contribution in [2.45, 2.75) is 39.3 Å². The first kappa shape index (κ1) is 18.3. The lowest BCUT2D eigenvalue weighted by atomic mass is 10.1. The second kappa shape index (κ2) is 8.19. The summed E-state index contributed by atoms with van der Waals surface area (Å²) in [5, 5.41) is 5.61. The molecule has 1 saturated heterocycles. The summed E-state index contributed by atoms with van der Waals surface area (Å²) in [4.78, 5) is 37.9. The molecule has 0 bridgehead atoms. The lowest BCUT2D eigenvalue weighted by molar-refractivity contribution is -0.125. The summed E-state index contributed by atoms with van der Waals surface area (Å²) in [6.45, 7) is 5.37. The Morgan fingerprint density at radius 2 is 2.12 bits per heavy atom. The molecule has 2 N–H and O–H groups in total. The Morgan fingerprint density at radius 1 is 1.38 bits per heavy atom. The first-order valence-electron chi connectivity index (χ1n) is 7.99. The Bertz CT molecular complexity index is 635. The summed E-state index contributed by atoms with van der Waals surface area (Å²) in [6, 6.07) is 6.40. The molecule has 1 heterocycles. The van der Waals surface area contributed by atoms with Gasteiger partial charge in [0.2, 0.25) is 11.8 Å². The van der Waals surface area contributed by atoms with Crippen LogP contribution >= 0.6 is 11.8 Å². The van der Waals surface area contributed by atoms with Gasteiger partial charge in [0.25, 0.3) is 5.91 Å². The second-order valence-corrected chi connectivity index (χ2v) is 6.87. The fourth-order valence-electron chi connectivity index (χ4n) is 2.40. The van der Waals surface area contributed by atoms with Crippen LogP contribution in [-0.2, 0) is 9.59 Å². The fraction of sp³-hybridized carbons (Fsp3) is 0.471. The Balaban J connectivity index is 2.13. The summed E-state index contributed by atoms with van der Waals surface area (Å²) < 4.78 is 0. The highest BCUT2D eigenvalue weighted by Gasteiger charge is 2.35. The van der Waals surface area contributed by atoms with Crippen LogP contribution in [0.4, 0.5) is 5.69 Å².